The molecule has 2 aliphatic rings. The summed E-state index contributed by atoms with van der Waals surface area (Å²) < 4.78 is 15.9. The number of ether oxygens (including phenoxy) is 3. The lowest BCUT2D eigenvalue weighted by Crippen LogP contribution is -2.20. The van der Waals surface area contributed by atoms with E-state index in [1.54, 1.807) is 7.11 Å². The van der Waals surface area contributed by atoms with Gasteiger partial charge in [-0.25, -0.2) is 0 Å². The molecule has 0 aromatic heterocycles. The van der Waals surface area contributed by atoms with Crippen LogP contribution in [0.4, 0.5) is 0 Å². The van der Waals surface area contributed by atoms with Gasteiger partial charge in [0.2, 0.25) is 6.79 Å². The van der Waals surface area contributed by atoms with Gasteiger partial charge in [-0.05, 0) is 36.1 Å². The summed E-state index contributed by atoms with van der Waals surface area (Å²) in [6.07, 6.45) is 2.06. The zero-order valence-corrected chi connectivity index (χ0v) is 9.29. The summed E-state index contributed by atoms with van der Waals surface area (Å²) in [6, 6.07) is 3.98. The number of fused-ring (bicyclic) bond motifs is 1. The van der Waals surface area contributed by atoms with E-state index in [4.69, 9.17) is 19.9 Å². The summed E-state index contributed by atoms with van der Waals surface area (Å²) in [5.74, 6) is 1.59. The molecule has 1 aromatic rings. The quantitative estimate of drug-likeness (QED) is 0.840. The fourth-order valence-corrected chi connectivity index (χ4v) is 2.13. The summed E-state index contributed by atoms with van der Waals surface area (Å²) in [6.45, 7) is 0.855. The van der Waals surface area contributed by atoms with Crippen LogP contribution in [0, 0.1) is 0 Å². The molecule has 1 aliphatic carbocycles. The standard InChI is InChI=1S/C12H15NO3/c1-14-6-8-4-10-11(16-7-15-10)5-9(8)12(13)2-3-12/h4-5H,2-3,6-7,13H2,1H3. The number of benzene rings is 1. The van der Waals surface area contributed by atoms with Crippen molar-refractivity contribution in [2.45, 2.75) is 25.0 Å². The number of methoxy groups -OCH3 is 1. The van der Waals surface area contributed by atoms with E-state index in [2.05, 4.69) is 0 Å². The molecule has 0 saturated heterocycles. The second-order valence-electron chi connectivity index (χ2n) is 4.45. The molecule has 16 heavy (non-hydrogen) atoms. The highest BCUT2D eigenvalue weighted by Crippen LogP contribution is 2.47. The van der Waals surface area contributed by atoms with Crippen LogP contribution < -0.4 is 15.2 Å². The fraction of sp³-hybridized carbons (Fsp3) is 0.500. The highest BCUT2D eigenvalue weighted by molar-refractivity contribution is 5.52. The Morgan fingerprint density at radius 2 is 2.00 bits per heavy atom. The van der Waals surface area contributed by atoms with Crippen LogP contribution in [0.5, 0.6) is 11.5 Å². The van der Waals surface area contributed by atoms with Gasteiger partial charge in [0.05, 0.1) is 6.61 Å². The molecule has 0 radical (unpaired) electrons. The van der Waals surface area contributed by atoms with Crippen LogP contribution in [-0.4, -0.2) is 13.9 Å². The Hall–Kier alpha value is -1.26. The lowest BCUT2D eigenvalue weighted by Gasteiger charge is -2.15. The van der Waals surface area contributed by atoms with Crippen molar-refractivity contribution < 1.29 is 14.2 Å². The Morgan fingerprint density at radius 3 is 2.62 bits per heavy atom. The third kappa shape index (κ3) is 1.45. The normalized spacial score (nSPS) is 19.9. The maximum atomic E-state index is 6.24. The molecule has 4 nitrogen and oxygen atoms in total. The highest BCUT2D eigenvalue weighted by Gasteiger charge is 2.42. The van der Waals surface area contributed by atoms with Crippen molar-refractivity contribution in [1.29, 1.82) is 0 Å². The molecule has 1 aromatic carbocycles. The molecule has 0 spiro atoms. The number of hydrogen-bond acceptors (Lipinski definition) is 4. The largest absolute Gasteiger partial charge is 0.454 e. The van der Waals surface area contributed by atoms with Crippen LogP contribution in [0.3, 0.4) is 0 Å². The first kappa shape index (κ1) is 9.93. The molecule has 1 fully saturated rings. The predicted molar refractivity (Wildman–Crippen MR) is 58.4 cm³/mol. The van der Waals surface area contributed by atoms with Crippen LogP contribution >= 0.6 is 0 Å². The Morgan fingerprint density at radius 1 is 1.31 bits per heavy atom. The number of rotatable bonds is 3. The third-order valence-corrected chi connectivity index (χ3v) is 3.22. The molecule has 1 aliphatic heterocycles. The van der Waals surface area contributed by atoms with Crippen LogP contribution in [0.2, 0.25) is 0 Å². The van der Waals surface area contributed by atoms with Crippen molar-refractivity contribution in [2.24, 2.45) is 5.73 Å². The summed E-state index contributed by atoms with van der Waals surface area (Å²) in [7, 11) is 1.68. The highest BCUT2D eigenvalue weighted by atomic mass is 16.7. The van der Waals surface area contributed by atoms with Gasteiger partial charge in [0.25, 0.3) is 0 Å². The molecule has 0 amide bonds. The zero-order chi connectivity index (χ0) is 11.2. The van der Waals surface area contributed by atoms with Crippen LogP contribution in [0.1, 0.15) is 24.0 Å². The van der Waals surface area contributed by atoms with Gasteiger partial charge in [-0.1, -0.05) is 0 Å². The van der Waals surface area contributed by atoms with Crippen molar-refractivity contribution in [3.63, 3.8) is 0 Å². The Labute approximate surface area is 94.3 Å². The Bertz CT molecular complexity index is 427. The van der Waals surface area contributed by atoms with Crippen LogP contribution in [0.15, 0.2) is 12.1 Å². The summed E-state index contributed by atoms with van der Waals surface area (Å²) in [5.41, 5.74) is 8.31. The van der Waals surface area contributed by atoms with Crippen LogP contribution in [0.25, 0.3) is 0 Å². The SMILES string of the molecule is COCc1cc2c(cc1C1(N)CC1)OCO2. The van der Waals surface area contributed by atoms with Gasteiger partial charge >= 0.3 is 0 Å². The average Bonchev–Trinajstić information content (AvgIpc) is 2.86. The molecular weight excluding hydrogens is 206 g/mol. The molecule has 3 rings (SSSR count). The first-order chi connectivity index (χ1) is 7.73. The minimum Gasteiger partial charge on any atom is -0.454 e. The van der Waals surface area contributed by atoms with E-state index in [0.29, 0.717) is 13.4 Å². The fourth-order valence-electron chi connectivity index (χ4n) is 2.13. The molecule has 0 bridgehead atoms. The molecule has 1 saturated carbocycles. The topological polar surface area (TPSA) is 53.7 Å². The van der Waals surface area contributed by atoms with E-state index in [9.17, 15) is 0 Å². The Kier molecular flexibility index (Phi) is 2.09. The van der Waals surface area contributed by atoms with E-state index in [-0.39, 0.29) is 5.54 Å². The van der Waals surface area contributed by atoms with E-state index < -0.39 is 0 Å². The van der Waals surface area contributed by atoms with Crippen molar-refractivity contribution in [3.05, 3.63) is 23.3 Å². The predicted octanol–water partition coefficient (Wildman–Crippen LogP) is 1.51. The van der Waals surface area contributed by atoms with Crippen molar-refractivity contribution in [3.8, 4) is 11.5 Å². The number of nitrogens with two attached hydrogens (primary N) is 1. The van der Waals surface area contributed by atoms with Gasteiger partial charge in [0.1, 0.15) is 0 Å². The second-order valence-corrected chi connectivity index (χ2v) is 4.45. The molecular formula is C12H15NO3. The maximum Gasteiger partial charge on any atom is 0.231 e. The molecule has 4 heteroatoms. The van der Waals surface area contributed by atoms with Gasteiger partial charge in [-0.2, -0.15) is 0 Å². The molecule has 1 heterocycles. The van der Waals surface area contributed by atoms with Gasteiger partial charge < -0.3 is 19.9 Å². The molecule has 0 atom stereocenters. The Balaban J connectivity index is 2.06. The van der Waals surface area contributed by atoms with Gasteiger partial charge in [-0.3, -0.25) is 0 Å². The zero-order valence-electron chi connectivity index (χ0n) is 9.29. The van der Waals surface area contributed by atoms with Crippen molar-refractivity contribution in [2.75, 3.05) is 13.9 Å². The molecule has 2 N–H and O–H groups in total. The monoisotopic (exact) mass is 221 g/mol. The lowest BCUT2D eigenvalue weighted by atomic mass is 9.98. The maximum absolute atomic E-state index is 6.24. The summed E-state index contributed by atoms with van der Waals surface area (Å²) >= 11 is 0. The van der Waals surface area contributed by atoms with Crippen LogP contribution in [-0.2, 0) is 16.9 Å². The lowest BCUT2D eigenvalue weighted by molar-refractivity contribution is 0.173. The smallest absolute Gasteiger partial charge is 0.231 e. The second kappa shape index (κ2) is 3.37. The van der Waals surface area contributed by atoms with E-state index in [0.717, 1.165) is 35.5 Å². The van der Waals surface area contributed by atoms with Gasteiger partial charge in [0.15, 0.2) is 11.5 Å². The number of hydrogen-bond donors (Lipinski definition) is 1. The van der Waals surface area contributed by atoms with E-state index in [1.165, 1.54) is 0 Å². The first-order valence-corrected chi connectivity index (χ1v) is 5.44. The van der Waals surface area contributed by atoms with Crippen molar-refractivity contribution >= 4 is 0 Å². The summed E-state index contributed by atoms with van der Waals surface area (Å²) in [5, 5.41) is 0. The molecule has 86 valence electrons. The molecule has 0 unspecified atom stereocenters. The minimum absolute atomic E-state index is 0.172. The van der Waals surface area contributed by atoms with E-state index in [1.807, 2.05) is 12.1 Å². The third-order valence-electron chi connectivity index (χ3n) is 3.22. The van der Waals surface area contributed by atoms with E-state index >= 15 is 0 Å². The minimum atomic E-state index is -0.172. The van der Waals surface area contributed by atoms with Gasteiger partial charge in [0, 0.05) is 12.6 Å². The van der Waals surface area contributed by atoms with Crippen molar-refractivity contribution in [1.82, 2.24) is 0 Å². The first-order valence-electron chi connectivity index (χ1n) is 5.44. The summed E-state index contributed by atoms with van der Waals surface area (Å²) in [4.78, 5) is 0. The average molecular weight is 221 g/mol. The van der Waals surface area contributed by atoms with Gasteiger partial charge in [-0.15, -0.1) is 0 Å².